The van der Waals surface area contributed by atoms with Crippen LogP contribution in [0.1, 0.15) is 16.2 Å². The van der Waals surface area contributed by atoms with Crippen molar-refractivity contribution in [1.29, 1.82) is 0 Å². The van der Waals surface area contributed by atoms with E-state index in [2.05, 4.69) is 25.5 Å². The minimum atomic E-state index is -1.18. The lowest BCUT2D eigenvalue weighted by atomic mass is 10.0. The highest BCUT2D eigenvalue weighted by molar-refractivity contribution is 6.38. The van der Waals surface area contributed by atoms with Crippen LogP contribution in [0.5, 0.6) is 0 Å². The Morgan fingerprint density at radius 3 is 2.70 bits per heavy atom. The SMILES string of the molecule is NC(=O)C(=O)C(Cc1[nH]nc2ccccc12)NC(=O)c1cncn1-c1ccccn1. The average Bonchev–Trinajstić information content (AvgIpc) is 3.41. The van der Waals surface area contributed by atoms with E-state index < -0.39 is 23.6 Å². The van der Waals surface area contributed by atoms with E-state index in [1.54, 1.807) is 24.4 Å². The molecule has 0 saturated carbocycles. The Labute approximate surface area is 170 Å². The van der Waals surface area contributed by atoms with Crippen LogP contribution in [0.25, 0.3) is 16.7 Å². The van der Waals surface area contributed by atoms with Crippen molar-refractivity contribution in [2.75, 3.05) is 0 Å². The topological polar surface area (TPSA) is 149 Å². The van der Waals surface area contributed by atoms with Crippen molar-refractivity contribution >= 4 is 28.5 Å². The number of ketones is 1. The highest BCUT2D eigenvalue weighted by Crippen LogP contribution is 2.17. The highest BCUT2D eigenvalue weighted by Gasteiger charge is 2.28. The Kier molecular flexibility index (Phi) is 5.04. The molecule has 0 bridgehead atoms. The van der Waals surface area contributed by atoms with Gasteiger partial charge in [0, 0.05) is 23.7 Å². The van der Waals surface area contributed by atoms with Crippen LogP contribution in [0.3, 0.4) is 0 Å². The molecule has 3 heterocycles. The largest absolute Gasteiger partial charge is 0.363 e. The average molecular weight is 403 g/mol. The zero-order chi connectivity index (χ0) is 21.1. The number of nitrogens with two attached hydrogens (primary N) is 1. The van der Waals surface area contributed by atoms with Crippen LogP contribution in [-0.4, -0.2) is 48.4 Å². The molecule has 1 aromatic carbocycles. The van der Waals surface area contributed by atoms with Crippen molar-refractivity contribution in [3.8, 4) is 5.82 Å². The minimum absolute atomic E-state index is 0.0196. The number of hydrogen-bond donors (Lipinski definition) is 3. The number of pyridine rings is 1. The summed E-state index contributed by atoms with van der Waals surface area (Å²) in [7, 11) is 0. The number of aromatic nitrogens is 5. The van der Waals surface area contributed by atoms with Crippen molar-refractivity contribution in [2.45, 2.75) is 12.5 Å². The quantitative estimate of drug-likeness (QED) is 0.384. The fourth-order valence-corrected chi connectivity index (χ4v) is 3.13. The van der Waals surface area contributed by atoms with Crippen LogP contribution in [0.2, 0.25) is 0 Å². The number of imidazole rings is 1. The van der Waals surface area contributed by atoms with Gasteiger partial charge in [0.15, 0.2) is 0 Å². The molecule has 4 rings (SSSR count). The number of aromatic amines is 1. The number of nitrogens with one attached hydrogen (secondary N) is 2. The number of benzene rings is 1. The third-order valence-corrected chi connectivity index (χ3v) is 4.58. The lowest BCUT2D eigenvalue weighted by molar-refractivity contribution is -0.137. The van der Waals surface area contributed by atoms with E-state index >= 15 is 0 Å². The lowest BCUT2D eigenvalue weighted by Crippen LogP contribution is -2.47. The van der Waals surface area contributed by atoms with Gasteiger partial charge in [-0.3, -0.25) is 24.0 Å². The summed E-state index contributed by atoms with van der Waals surface area (Å²) < 4.78 is 1.48. The van der Waals surface area contributed by atoms with Crippen molar-refractivity contribution < 1.29 is 14.4 Å². The molecule has 4 N–H and O–H groups in total. The fourth-order valence-electron chi connectivity index (χ4n) is 3.13. The van der Waals surface area contributed by atoms with E-state index in [0.29, 0.717) is 17.0 Å². The standard InChI is InChI=1S/C20H17N7O3/c21-19(29)18(28)15(9-14-12-5-1-2-6-13(12)25-26-14)24-20(30)16-10-22-11-27(16)17-7-3-4-8-23-17/h1-8,10-11,15H,9H2,(H2,21,29)(H,24,30)(H,25,26). The summed E-state index contributed by atoms with van der Waals surface area (Å²) in [5.74, 6) is -2.16. The summed E-state index contributed by atoms with van der Waals surface area (Å²) in [5, 5.41) is 10.4. The van der Waals surface area contributed by atoms with Gasteiger partial charge in [0.25, 0.3) is 11.8 Å². The highest BCUT2D eigenvalue weighted by atomic mass is 16.2. The predicted molar refractivity (Wildman–Crippen MR) is 107 cm³/mol. The van der Waals surface area contributed by atoms with Crippen LogP contribution in [-0.2, 0) is 16.0 Å². The summed E-state index contributed by atoms with van der Waals surface area (Å²) in [4.78, 5) is 45.0. The first-order valence-electron chi connectivity index (χ1n) is 9.05. The first kappa shape index (κ1) is 19.0. The smallest absolute Gasteiger partial charge is 0.287 e. The molecule has 10 nitrogen and oxygen atoms in total. The molecule has 0 aliphatic carbocycles. The van der Waals surface area contributed by atoms with Gasteiger partial charge in [-0.25, -0.2) is 9.97 Å². The summed E-state index contributed by atoms with van der Waals surface area (Å²) in [5.41, 5.74) is 6.67. The van der Waals surface area contributed by atoms with Gasteiger partial charge >= 0.3 is 0 Å². The second-order valence-corrected chi connectivity index (χ2v) is 6.51. The van der Waals surface area contributed by atoms with E-state index in [4.69, 9.17) is 5.73 Å². The Bertz CT molecular complexity index is 1230. The van der Waals surface area contributed by atoms with Crippen LogP contribution in [0.15, 0.2) is 61.2 Å². The van der Waals surface area contributed by atoms with Crippen molar-refractivity contribution in [1.82, 2.24) is 30.0 Å². The Balaban J connectivity index is 1.62. The lowest BCUT2D eigenvalue weighted by Gasteiger charge is -2.16. The van der Waals surface area contributed by atoms with Gasteiger partial charge in [-0.1, -0.05) is 24.3 Å². The molecule has 0 spiro atoms. The van der Waals surface area contributed by atoms with Gasteiger partial charge in [-0.15, -0.1) is 0 Å². The summed E-state index contributed by atoms with van der Waals surface area (Å²) in [6.45, 7) is 0. The zero-order valence-electron chi connectivity index (χ0n) is 15.6. The Morgan fingerprint density at radius 2 is 1.93 bits per heavy atom. The maximum absolute atomic E-state index is 12.9. The fraction of sp³-hybridized carbons (Fsp3) is 0.100. The molecule has 0 saturated heterocycles. The maximum Gasteiger partial charge on any atom is 0.287 e. The monoisotopic (exact) mass is 403 g/mol. The second-order valence-electron chi connectivity index (χ2n) is 6.51. The van der Waals surface area contributed by atoms with Crippen LogP contribution < -0.4 is 11.1 Å². The maximum atomic E-state index is 12.9. The van der Waals surface area contributed by atoms with E-state index in [1.807, 2.05) is 24.3 Å². The molecule has 0 radical (unpaired) electrons. The molecule has 10 heteroatoms. The van der Waals surface area contributed by atoms with Crippen LogP contribution >= 0.6 is 0 Å². The first-order chi connectivity index (χ1) is 14.5. The van der Waals surface area contributed by atoms with Gasteiger partial charge in [0.05, 0.1) is 11.7 Å². The Morgan fingerprint density at radius 1 is 1.13 bits per heavy atom. The van der Waals surface area contributed by atoms with Gasteiger partial charge in [0.2, 0.25) is 5.78 Å². The first-order valence-corrected chi connectivity index (χ1v) is 9.05. The van der Waals surface area contributed by atoms with E-state index in [-0.39, 0.29) is 12.1 Å². The number of fused-ring (bicyclic) bond motifs is 1. The summed E-state index contributed by atoms with van der Waals surface area (Å²) >= 11 is 0. The van der Waals surface area contributed by atoms with E-state index in [9.17, 15) is 14.4 Å². The number of H-pyrrole nitrogens is 1. The molecule has 30 heavy (non-hydrogen) atoms. The number of carbonyl (C=O) groups excluding carboxylic acids is 3. The summed E-state index contributed by atoms with van der Waals surface area (Å²) in [6.07, 6.45) is 4.39. The number of nitrogens with zero attached hydrogens (tertiary/aromatic N) is 4. The molecule has 0 fully saturated rings. The molecule has 1 unspecified atom stereocenters. The molecule has 2 amide bonds. The minimum Gasteiger partial charge on any atom is -0.363 e. The third kappa shape index (κ3) is 3.65. The van der Waals surface area contributed by atoms with Crippen molar-refractivity contribution in [3.63, 3.8) is 0 Å². The van der Waals surface area contributed by atoms with E-state index in [0.717, 1.165) is 5.39 Å². The summed E-state index contributed by atoms with van der Waals surface area (Å²) in [6, 6.07) is 11.4. The normalized spacial score (nSPS) is 11.9. The molecule has 1 atom stereocenters. The van der Waals surface area contributed by atoms with Gasteiger partial charge < -0.3 is 11.1 Å². The molecular weight excluding hydrogens is 386 g/mol. The predicted octanol–water partition coefficient (Wildman–Crippen LogP) is 0.539. The van der Waals surface area contributed by atoms with Gasteiger partial charge in [-0.2, -0.15) is 5.10 Å². The second kappa shape index (κ2) is 7.95. The number of carbonyl (C=O) groups is 3. The third-order valence-electron chi connectivity index (χ3n) is 4.58. The van der Waals surface area contributed by atoms with Gasteiger partial charge in [0.1, 0.15) is 23.9 Å². The molecule has 4 aromatic rings. The number of amides is 2. The number of para-hydroxylation sites is 1. The van der Waals surface area contributed by atoms with Crippen LogP contribution in [0, 0.1) is 0 Å². The van der Waals surface area contributed by atoms with Crippen molar-refractivity contribution in [3.05, 3.63) is 72.6 Å². The number of rotatable bonds is 7. The molecule has 0 aliphatic heterocycles. The molecule has 0 aliphatic rings. The van der Waals surface area contributed by atoms with Crippen molar-refractivity contribution in [2.24, 2.45) is 5.73 Å². The number of primary amides is 1. The number of hydrogen-bond acceptors (Lipinski definition) is 6. The van der Waals surface area contributed by atoms with E-state index in [1.165, 1.54) is 17.1 Å². The van der Waals surface area contributed by atoms with Gasteiger partial charge in [-0.05, 0) is 18.2 Å². The van der Waals surface area contributed by atoms with Crippen LogP contribution in [0.4, 0.5) is 0 Å². The Hall–Kier alpha value is -4.34. The zero-order valence-corrected chi connectivity index (χ0v) is 15.6. The molecule has 3 aromatic heterocycles. The number of Topliss-reactive ketones (excluding diaryl/α,β-unsaturated/α-hetero) is 1. The molecule has 150 valence electrons. The molecular formula is C20H17N7O3.